The minimum absolute atomic E-state index is 0.0302. The Morgan fingerprint density at radius 3 is 2.39 bits per heavy atom. The van der Waals surface area contributed by atoms with Crippen LogP contribution in [0.4, 0.5) is 0 Å². The molecule has 11 atom stereocenters. The minimum atomic E-state index is -0.757. The maximum Gasteiger partial charge on any atom is 0.311 e. The molecule has 4 aliphatic carbocycles. The van der Waals surface area contributed by atoms with Crippen LogP contribution in [0.2, 0.25) is 0 Å². The quantitative estimate of drug-likeness (QED) is 0.398. The Morgan fingerprint density at radius 2 is 1.75 bits per heavy atom. The summed E-state index contributed by atoms with van der Waals surface area (Å²) in [5.74, 6) is 0.630. The van der Waals surface area contributed by atoms with Crippen LogP contribution in [0.15, 0.2) is 0 Å². The van der Waals surface area contributed by atoms with Gasteiger partial charge in [-0.2, -0.15) is 0 Å². The molecule has 0 aromatic heterocycles. The average Bonchev–Trinajstić information content (AvgIpc) is 3.17. The second-order valence-corrected chi connectivity index (χ2v) is 14.0. The van der Waals surface area contributed by atoms with Crippen LogP contribution in [0.1, 0.15) is 106 Å². The van der Waals surface area contributed by atoms with Crippen molar-refractivity contribution in [3.8, 4) is 0 Å². The van der Waals surface area contributed by atoms with Crippen molar-refractivity contribution in [2.45, 2.75) is 124 Å². The second kappa shape index (κ2) is 9.87. The zero-order valence-electron chi connectivity index (χ0n) is 23.3. The summed E-state index contributed by atoms with van der Waals surface area (Å²) < 4.78 is 5.99. The summed E-state index contributed by atoms with van der Waals surface area (Å²) in [6.07, 6.45) is 6.69. The van der Waals surface area contributed by atoms with Crippen molar-refractivity contribution in [2.75, 3.05) is 0 Å². The number of aliphatic carboxylic acids is 1. The summed E-state index contributed by atoms with van der Waals surface area (Å²) in [5, 5.41) is 32.5. The Morgan fingerprint density at radius 1 is 1.06 bits per heavy atom. The number of hydrogen-bond donors (Lipinski definition) is 3. The zero-order chi connectivity index (χ0) is 26.6. The van der Waals surface area contributed by atoms with E-state index in [1.807, 2.05) is 20.8 Å². The molecule has 6 nitrogen and oxygen atoms in total. The summed E-state index contributed by atoms with van der Waals surface area (Å²) in [5.41, 5.74) is -0.722. The number of hydrogen-bond acceptors (Lipinski definition) is 5. The van der Waals surface area contributed by atoms with E-state index in [4.69, 9.17) is 4.74 Å². The molecule has 3 N–H and O–H groups in total. The minimum Gasteiger partial charge on any atom is -0.481 e. The van der Waals surface area contributed by atoms with E-state index in [0.29, 0.717) is 12.8 Å². The maximum atomic E-state index is 12.7. The number of carboxylic acid groups (broad SMARTS) is 1. The van der Waals surface area contributed by atoms with E-state index in [1.165, 1.54) is 0 Å². The van der Waals surface area contributed by atoms with Gasteiger partial charge in [-0.1, -0.05) is 27.7 Å². The standard InChI is InChI=1S/C30H50O6/c1-7-28(3,4)27(35)36-19-12-13-29(5)18(14-19)15-23(31)26-21-10-9-20(17(2)8-11-25(33)34)30(21,6)24(32)16-22(26)29/h17-24,26,31-32H,7-16H2,1-6H3,(H,33,34)/t17?,18?,19-,20?,21?,22?,23-,24+,26?,29?,30?/m1/s1. The lowest BCUT2D eigenvalue weighted by Gasteiger charge is -2.63. The number of carbonyl (C=O) groups excluding carboxylic acids is 1. The van der Waals surface area contributed by atoms with Gasteiger partial charge in [0.25, 0.3) is 0 Å². The topological polar surface area (TPSA) is 104 Å². The van der Waals surface area contributed by atoms with Crippen LogP contribution in [0.3, 0.4) is 0 Å². The normalized spacial score (nSPS) is 45.2. The summed E-state index contributed by atoms with van der Waals surface area (Å²) in [6.45, 7) is 12.6. The zero-order valence-corrected chi connectivity index (χ0v) is 23.3. The average molecular weight is 507 g/mol. The summed E-state index contributed by atoms with van der Waals surface area (Å²) >= 11 is 0. The first-order chi connectivity index (χ1) is 16.8. The molecule has 4 fully saturated rings. The third-order valence-corrected chi connectivity index (χ3v) is 12.0. The SMILES string of the molecule is CCC(C)(C)C(=O)O[C@@H]1CCC2(C)C(C1)C[C@@H](O)C1C2C[C@H](O)C2(C)C(C(C)CCC(=O)O)CCC12. The molecule has 36 heavy (non-hydrogen) atoms. The van der Waals surface area contributed by atoms with E-state index in [-0.39, 0.29) is 64.8 Å². The van der Waals surface area contributed by atoms with Gasteiger partial charge in [0.05, 0.1) is 17.6 Å². The van der Waals surface area contributed by atoms with E-state index < -0.39 is 23.6 Å². The lowest BCUT2D eigenvalue weighted by Crippen LogP contribution is -2.62. The van der Waals surface area contributed by atoms with Crippen LogP contribution in [-0.4, -0.2) is 45.6 Å². The van der Waals surface area contributed by atoms with Crippen LogP contribution in [0.25, 0.3) is 0 Å². The Bertz CT molecular complexity index is 839. The van der Waals surface area contributed by atoms with Crippen molar-refractivity contribution in [1.29, 1.82) is 0 Å². The lowest BCUT2D eigenvalue weighted by atomic mass is 9.43. The molecular weight excluding hydrogens is 456 g/mol. The lowest BCUT2D eigenvalue weighted by molar-refractivity contribution is -0.210. The van der Waals surface area contributed by atoms with Gasteiger partial charge in [0, 0.05) is 6.42 Å². The molecule has 0 spiro atoms. The first-order valence-corrected chi connectivity index (χ1v) is 14.5. The van der Waals surface area contributed by atoms with Crippen molar-refractivity contribution in [1.82, 2.24) is 0 Å². The van der Waals surface area contributed by atoms with Gasteiger partial charge >= 0.3 is 11.9 Å². The highest BCUT2D eigenvalue weighted by Crippen LogP contribution is 2.68. The van der Waals surface area contributed by atoms with Crippen LogP contribution in [-0.2, 0) is 14.3 Å². The number of aliphatic hydroxyl groups is 2. The number of carbonyl (C=O) groups is 2. The largest absolute Gasteiger partial charge is 0.481 e. The van der Waals surface area contributed by atoms with E-state index in [9.17, 15) is 24.9 Å². The predicted octanol–water partition coefficient (Wildman–Crippen LogP) is 5.44. The Balaban J connectivity index is 1.51. The third kappa shape index (κ3) is 4.52. The van der Waals surface area contributed by atoms with Crippen molar-refractivity contribution < 1.29 is 29.6 Å². The smallest absolute Gasteiger partial charge is 0.311 e. The summed E-state index contributed by atoms with van der Waals surface area (Å²) in [4.78, 5) is 23.9. The van der Waals surface area contributed by atoms with Gasteiger partial charge in [0.1, 0.15) is 6.10 Å². The van der Waals surface area contributed by atoms with Gasteiger partial charge in [-0.3, -0.25) is 9.59 Å². The van der Waals surface area contributed by atoms with Crippen molar-refractivity contribution >= 4 is 11.9 Å². The van der Waals surface area contributed by atoms with Gasteiger partial charge in [0.2, 0.25) is 0 Å². The molecule has 0 aliphatic heterocycles. The van der Waals surface area contributed by atoms with Crippen LogP contribution < -0.4 is 0 Å². The van der Waals surface area contributed by atoms with E-state index in [0.717, 1.165) is 44.9 Å². The molecule has 0 bridgehead atoms. The third-order valence-electron chi connectivity index (χ3n) is 12.0. The van der Waals surface area contributed by atoms with E-state index >= 15 is 0 Å². The number of rotatable bonds is 7. The number of aliphatic hydroxyl groups excluding tert-OH is 2. The van der Waals surface area contributed by atoms with Crippen molar-refractivity contribution in [2.24, 2.45) is 51.8 Å². The van der Waals surface area contributed by atoms with Gasteiger partial charge in [-0.25, -0.2) is 0 Å². The van der Waals surface area contributed by atoms with Gasteiger partial charge in [-0.05, 0) is 118 Å². The Kier molecular flexibility index (Phi) is 7.65. The molecule has 0 aromatic carbocycles. The highest BCUT2D eigenvalue weighted by atomic mass is 16.5. The molecule has 0 amide bonds. The fraction of sp³-hybridized carbons (Fsp3) is 0.933. The molecule has 206 valence electrons. The Labute approximate surface area is 217 Å². The maximum absolute atomic E-state index is 12.7. The van der Waals surface area contributed by atoms with E-state index in [1.54, 1.807) is 0 Å². The summed E-state index contributed by atoms with van der Waals surface area (Å²) in [7, 11) is 0. The number of esters is 1. The molecule has 4 saturated carbocycles. The number of carboxylic acids is 1. The number of fused-ring (bicyclic) bond motifs is 5. The molecule has 4 aliphatic rings. The van der Waals surface area contributed by atoms with Gasteiger partial charge < -0.3 is 20.1 Å². The molecule has 6 heteroatoms. The predicted molar refractivity (Wildman–Crippen MR) is 138 cm³/mol. The highest BCUT2D eigenvalue weighted by Gasteiger charge is 2.65. The molecule has 4 rings (SSSR count). The first-order valence-electron chi connectivity index (χ1n) is 14.5. The Hall–Kier alpha value is -1.14. The van der Waals surface area contributed by atoms with Crippen molar-refractivity contribution in [3.63, 3.8) is 0 Å². The van der Waals surface area contributed by atoms with Gasteiger partial charge in [0.15, 0.2) is 0 Å². The molecule has 8 unspecified atom stereocenters. The fourth-order valence-electron chi connectivity index (χ4n) is 9.23. The molecule has 0 radical (unpaired) electrons. The highest BCUT2D eigenvalue weighted by molar-refractivity contribution is 5.76. The monoisotopic (exact) mass is 506 g/mol. The van der Waals surface area contributed by atoms with Crippen LogP contribution >= 0.6 is 0 Å². The van der Waals surface area contributed by atoms with E-state index in [2.05, 4.69) is 20.8 Å². The summed E-state index contributed by atoms with van der Waals surface area (Å²) in [6, 6.07) is 0. The molecule has 0 aromatic rings. The second-order valence-electron chi connectivity index (χ2n) is 14.0. The molecular formula is C30H50O6. The fourth-order valence-corrected chi connectivity index (χ4v) is 9.23. The molecule has 0 heterocycles. The van der Waals surface area contributed by atoms with Gasteiger partial charge in [-0.15, -0.1) is 0 Å². The van der Waals surface area contributed by atoms with Crippen molar-refractivity contribution in [3.05, 3.63) is 0 Å². The van der Waals surface area contributed by atoms with Crippen LogP contribution in [0, 0.1) is 51.8 Å². The van der Waals surface area contributed by atoms with Crippen LogP contribution in [0.5, 0.6) is 0 Å². The number of ether oxygens (including phenoxy) is 1. The molecule has 0 saturated heterocycles. The first kappa shape index (κ1) is 27.9.